The molecule has 1 aromatic carbocycles. The molecule has 0 N–H and O–H groups in total. The van der Waals surface area contributed by atoms with Crippen molar-refractivity contribution in [2.75, 3.05) is 0 Å². The van der Waals surface area contributed by atoms with E-state index in [4.69, 9.17) is 0 Å². The van der Waals surface area contributed by atoms with Crippen molar-refractivity contribution in [2.45, 2.75) is 11.1 Å². The van der Waals surface area contributed by atoms with Gasteiger partial charge in [0.15, 0.2) is 11.3 Å². The van der Waals surface area contributed by atoms with Gasteiger partial charge in [-0.05, 0) is 24.3 Å². The fourth-order valence-electron chi connectivity index (χ4n) is 2.62. The molecule has 5 nitrogen and oxygen atoms in total. The average molecular weight is 409 g/mol. The van der Waals surface area contributed by atoms with Crippen LogP contribution in [0.2, 0.25) is 0 Å². The van der Waals surface area contributed by atoms with E-state index in [0.717, 1.165) is 20.7 Å². The molecule has 4 rings (SSSR count). The number of alkyl halides is 3. The van der Waals surface area contributed by atoms with Crippen molar-refractivity contribution in [2.24, 2.45) is 0 Å². The van der Waals surface area contributed by atoms with Crippen molar-refractivity contribution in [3.05, 3.63) is 65.9 Å². The molecule has 138 valence electrons. The monoisotopic (exact) mass is 409 g/mol. The largest absolute Gasteiger partial charge is 0.434 e. The smallest absolute Gasteiger partial charge is 0.237 e. The summed E-state index contributed by atoms with van der Waals surface area (Å²) in [6.45, 7) is 0. The Morgan fingerprint density at radius 2 is 1.78 bits per heavy atom. The number of pyridine rings is 1. The quantitative estimate of drug-likeness (QED) is 0.503. The van der Waals surface area contributed by atoms with E-state index in [2.05, 4.69) is 9.97 Å². The molecule has 0 unspecified atom stereocenters. The highest BCUT2D eigenvalue weighted by Crippen LogP contribution is 2.37. The molecule has 0 saturated carbocycles. The maximum atomic E-state index is 13.0. The van der Waals surface area contributed by atoms with Crippen molar-refractivity contribution < 1.29 is 21.6 Å². The van der Waals surface area contributed by atoms with Gasteiger partial charge in [-0.3, -0.25) is 0 Å². The van der Waals surface area contributed by atoms with Crippen LogP contribution >= 0.6 is 11.3 Å². The van der Waals surface area contributed by atoms with Crippen molar-refractivity contribution in [1.82, 2.24) is 13.9 Å². The minimum atomic E-state index is -4.57. The molecular formula is C17H10F3N3O2S2. The van der Waals surface area contributed by atoms with E-state index in [1.54, 1.807) is 30.3 Å². The SMILES string of the molecule is O=S(=O)(c1ccccc1)n1cc(-c2nc(C(F)(F)F)cs2)c2cccnc21. The lowest BCUT2D eigenvalue weighted by Gasteiger charge is -2.06. The van der Waals surface area contributed by atoms with Gasteiger partial charge in [0, 0.05) is 28.7 Å². The Hall–Kier alpha value is -2.72. The van der Waals surface area contributed by atoms with Crippen LogP contribution in [0.3, 0.4) is 0 Å². The first-order chi connectivity index (χ1) is 12.8. The lowest BCUT2D eigenvalue weighted by molar-refractivity contribution is -0.140. The van der Waals surface area contributed by atoms with Crippen molar-refractivity contribution in [3.8, 4) is 10.6 Å². The molecule has 0 aliphatic carbocycles. The summed E-state index contributed by atoms with van der Waals surface area (Å²) >= 11 is 0.797. The van der Waals surface area contributed by atoms with Gasteiger partial charge >= 0.3 is 6.18 Å². The third-order valence-electron chi connectivity index (χ3n) is 3.86. The van der Waals surface area contributed by atoms with Gasteiger partial charge < -0.3 is 0 Å². The van der Waals surface area contributed by atoms with Gasteiger partial charge in [0.05, 0.1) is 4.90 Å². The number of aromatic nitrogens is 3. The molecule has 27 heavy (non-hydrogen) atoms. The molecule has 0 radical (unpaired) electrons. The maximum Gasteiger partial charge on any atom is 0.434 e. The normalized spacial score (nSPS) is 12.6. The van der Waals surface area contributed by atoms with Crippen LogP contribution in [0, 0.1) is 0 Å². The van der Waals surface area contributed by atoms with E-state index in [9.17, 15) is 21.6 Å². The first-order valence-corrected chi connectivity index (χ1v) is 9.90. The maximum absolute atomic E-state index is 13.0. The van der Waals surface area contributed by atoms with E-state index in [1.807, 2.05) is 0 Å². The number of nitrogens with zero attached hydrogens (tertiary/aromatic N) is 3. The van der Waals surface area contributed by atoms with Crippen LogP contribution < -0.4 is 0 Å². The Labute approximate surface area is 155 Å². The summed E-state index contributed by atoms with van der Waals surface area (Å²) in [5.41, 5.74) is -0.614. The second-order valence-corrected chi connectivity index (χ2v) is 8.24. The molecule has 0 saturated heterocycles. The van der Waals surface area contributed by atoms with E-state index in [0.29, 0.717) is 5.39 Å². The molecule has 3 heterocycles. The summed E-state index contributed by atoms with van der Waals surface area (Å²) in [7, 11) is -3.97. The number of hydrogen-bond donors (Lipinski definition) is 0. The van der Waals surface area contributed by atoms with Crippen LogP contribution in [0.15, 0.2) is 65.1 Å². The predicted octanol–water partition coefficient (Wildman–Crippen LogP) is 4.42. The van der Waals surface area contributed by atoms with E-state index < -0.39 is 21.9 Å². The average Bonchev–Trinajstić information content (AvgIpc) is 3.27. The minimum Gasteiger partial charge on any atom is -0.237 e. The molecule has 4 aromatic rings. The second kappa shape index (κ2) is 6.17. The molecule has 0 fully saturated rings. The number of rotatable bonds is 3. The highest BCUT2D eigenvalue weighted by Gasteiger charge is 2.34. The van der Waals surface area contributed by atoms with Gasteiger partial charge in [-0.1, -0.05) is 18.2 Å². The number of thiazole rings is 1. The fraction of sp³-hybridized carbons (Fsp3) is 0.0588. The summed E-state index contributed by atoms with van der Waals surface area (Å²) in [6, 6.07) is 10.9. The number of fused-ring (bicyclic) bond motifs is 1. The lowest BCUT2D eigenvalue weighted by Crippen LogP contribution is -2.12. The predicted molar refractivity (Wildman–Crippen MR) is 94.9 cm³/mol. The zero-order chi connectivity index (χ0) is 19.2. The Morgan fingerprint density at radius 1 is 1.04 bits per heavy atom. The second-order valence-electron chi connectivity index (χ2n) is 5.57. The summed E-state index contributed by atoms with van der Waals surface area (Å²) in [5, 5.41) is 1.38. The molecule has 0 bridgehead atoms. The van der Waals surface area contributed by atoms with Gasteiger partial charge in [-0.2, -0.15) is 13.2 Å². The van der Waals surface area contributed by atoms with Crippen LogP contribution in [0.4, 0.5) is 13.2 Å². The number of halogens is 3. The van der Waals surface area contributed by atoms with Crippen molar-refractivity contribution in [1.29, 1.82) is 0 Å². The molecule has 0 aliphatic rings. The molecule has 0 aliphatic heterocycles. The summed E-state index contributed by atoms with van der Waals surface area (Å²) in [5.74, 6) is 0. The van der Waals surface area contributed by atoms with Crippen LogP contribution in [-0.4, -0.2) is 22.4 Å². The first-order valence-electron chi connectivity index (χ1n) is 7.58. The number of hydrogen-bond acceptors (Lipinski definition) is 5. The fourth-order valence-corrected chi connectivity index (χ4v) is 4.81. The zero-order valence-corrected chi connectivity index (χ0v) is 15.0. The Bertz CT molecular complexity index is 1230. The molecule has 10 heteroatoms. The highest BCUT2D eigenvalue weighted by molar-refractivity contribution is 7.90. The topological polar surface area (TPSA) is 64.8 Å². The van der Waals surface area contributed by atoms with Crippen LogP contribution in [0.1, 0.15) is 5.69 Å². The van der Waals surface area contributed by atoms with Crippen LogP contribution in [-0.2, 0) is 16.2 Å². The van der Waals surface area contributed by atoms with Crippen molar-refractivity contribution in [3.63, 3.8) is 0 Å². The molecule has 0 spiro atoms. The lowest BCUT2D eigenvalue weighted by atomic mass is 10.2. The van der Waals surface area contributed by atoms with E-state index in [1.165, 1.54) is 24.5 Å². The summed E-state index contributed by atoms with van der Waals surface area (Å²) in [6.07, 6.45) is -1.88. The number of benzene rings is 1. The van der Waals surface area contributed by atoms with Gasteiger partial charge in [0.25, 0.3) is 10.0 Å². The van der Waals surface area contributed by atoms with E-state index in [-0.39, 0.29) is 21.1 Å². The Kier molecular flexibility index (Phi) is 4.04. The molecular weight excluding hydrogens is 399 g/mol. The Morgan fingerprint density at radius 3 is 2.44 bits per heavy atom. The van der Waals surface area contributed by atoms with E-state index >= 15 is 0 Å². The molecule has 3 aromatic heterocycles. The van der Waals surface area contributed by atoms with Gasteiger partial charge in [0.2, 0.25) is 0 Å². The first kappa shape index (κ1) is 17.7. The van der Waals surface area contributed by atoms with Crippen LogP contribution in [0.25, 0.3) is 21.6 Å². The summed E-state index contributed by atoms with van der Waals surface area (Å²) < 4.78 is 65.6. The van der Waals surface area contributed by atoms with Gasteiger partial charge in [-0.15, -0.1) is 11.3 Å². The Balaban J connectivity index is 1.94. The molecule has 0 amide bonds. The van der Waals surface area contributed by atoms with Crippen molar-refractivity contribution >= 4 is 32.4 Å². The van der Waals surface area contributed by atoms with Gasteiger partial charge in [-0.25, -0.2) is 22.4 Å². The highest BCUT2D eigenvalue weighted by atomic mass is 32.2. The standard InChI is InChI=1S/C17H10F3N3O2S2/c18-17(19,20)14-10-26-16(22-14)13-9-23(15-12(13)7-4-8-21-15)27(24,25)11-5-2-1-3-6-11/h1-10H. The summed E-state index contributed by atoms with van der Waals surface area (Å²) in [4.78, 5) is 7.79. The zero-order valence-electron chi connectivity index (χ0n) is 13.4. The van der Waals surface area contributed by atoms with Crippen LogP contribution in [0.5, 0.6) is 0 Å². The minimum absolute atomic E-state index is 0.0502. The molecule has 0 atom stereocenters. The van der Waals surface area contributed by atoms with Gasteiger partial charge in [0.1, 0.15) is 5.01 Å². The third-order valence-corrected chi connectivity index (χ3v) is 6.40. The third kappa shape index (κ3) is 3.00.